The molecule has 0 saturated carbocycles. The van der Waals surface area contributed by atoms with Crippen molar-refractivity contribution in [3.8, 4) is 0 Å². The molecule has 0 radical (unpaired) electrons. The highest BCUT2D eigenvalue weighted by molar-refractivity contribution is 9.10. The van der Waals surface area contributed by atoms with Gasteiger partial charge in [-0.2, -0.15) is 0 Å². The molecular formula is C10H6BrNO2S2. The number of carboxylic acids is 1. The minimum atomic E-state index is -0.909. The number of thiazole rings is 1. The Labute approximate surface area is 109 Å². The highest BCUT2D eigenvalue weighted by Crippen LogP contribution is 2.31. The summed E-state index contributed by atoms with van der Waals surface area (Å²) in [6.45, 7) is 0. The van der Waals surface area contributed by atoms with Crippen molar-refractivity contribution in [2.45, 2.75) is 9.24 Å². The third kappa shape index (κ3) is 2.84. The van der Waals surface area contributed by atoms with Crippen LogP contribution in [0.1, 0.15) is 10.4 Å². The van der Waals surface area contributed by atoms with Gasteiger partial charge < -0.3 is 5.11 Å². The van der Waals surface area contributed by atoms with Crippen molar-refractivity contribution >= 4 is 45.0 Å². The molecule has 0 aliphatic heterocycles. The quantitative estimate of drug-likeness (QED) is 0.937. The van der Waals surface area contributed by atoms with Gasteiger partial charge in [0.25, 0.3) is 0 Å². The number of aromatic carboxylic acids is 1. The fraction of sp³-hybridized carbons (Fsp3) is 0. The lowest BCUT2D eigenvalue weighted by molar-refractivity contribution is 0.0697. The molecule has 0 bridgehead atoms. The molecule has 0 spiro atoms. The van der Waals surface area contributed by atoms with Crippen LogP contribution in [0, 0.1) is 0 Å². The number of rotatable bonds is 3. The van der Waals surface area contributed by atoms with Crippen molar-refractivity contribution in [1.82, 2.24) is 4.98 Å². The van der Waals surface area contributed by atoms with Gasteiger partial charge in [0.2, 0.25) is 0 Å². The SMILES string of the molecule is O=C(O)c1ccc(Sc2nc(Br)cs2)cc1. The van der Waals surface area contributed by atoms with Gasteiger partial charge in [-0.3, -0.25) is 0 Å². The first-order chi connectivity index (χ1) is 7.65. The molecule has 0 saturated heterocycles. The molecule has 0 aliphatic carbocycles. The highest BCUT2D eigenvalue weighted by atomic mass is 79.9. The van der Waals surface area contributed by atoms with Crippen LogP contribution >= 0.6 is 39.0 Å². The van der Waals surface area contributed by atoms with Crippen molar-refractivity contribution < 1.29 is 9.90 Å². The second kappa shape index (κ2) is 4.99. The Bertz CT molecular complexity index is 510. The summed E-state index contributed by atoms with van der Waals surface area (Å²) >= 11 is 6.34. The van der Waals surface area contributed by atoms with E-state index in [-0.39, 0.29) is 0 Å². The zero-order valence-corrected chi connectivity index (χ0v) is 11.1. The van der Waals surface area contributed by atoms with Gasteiger partial charge in [-0.1, -0.05) is 11.8 Å². The largest absolute Gasteiger partial charge is 0.478 e. The summed E-state index contributed by atoms with van der Waals surface area (Å²) in [5, 5.41) is 10.7. The van der Waals surface area contributed by atoms with Crippen LogP contribution in [-0.4, -0.2) is 16.1 Å². The van der Waals surface area contributed by atoms with Crippen LogP contribution in [0.5, 0.6) is 0 Å². The van der Waals surface area contributed by atoms with Gasteiger partial charge in [0.1, 0.15) is 4.60 Å². The average molecular weight is 316 g/mol. The molecule has 1 N–H and O–H groups in total. The van der Waals surface area contributed by atoms with Crippen LogP contribution in [0.4, 0.5) is 0 Å². The van der Waals surface area contributed by atoms with Gasteiger partial charge in [-0.25, -0.2) is 9.78 Å². The van der Waals surface area contributed by atoms with Crippen LogP contribution in [0.2, 0.25) is 0 Å². The molecule has 2 rings (SSSR count). The van der Waals surface area contributed by atoms with Gasteiger partial charge in [0, 0.05) is 10.3 Å². The Kier molecular flexibility index (Phi) is 3.63. The van der Waals surface area contributed by atoms with Gasteiger partial charge in [-0.05, 0) is 40.2 Å². The van der Waals surface area contributed by atoms with Crippen molar-refractivity contribution in [3.63, 3.8) is 0 Å². The van der Waals surface area contributed by atoms with Crippen LogP contribution in [-0.2, 0) is 0 Å². The number of carboxylic acid groups (broad SMARTS) is 1. The summed E-state index contributed by atoms with van der Waals surface area (Å²) in [6.07, 6.45) is 0. The Balaban J connectivity index is 2.14. The monoisotopic (exact) mass is 315 g/mol. The van der Waals surface area contributed by atoms with Gasteiger partial charge in [0.05, 0.1) is 5.56 Å². The van der Waals surface area contributed by atoms with E-state index in [0.29, 0.717) is 5.56 Å². The van der Waals surface area contributed by atoms with Crippen LogP contribution in [0.25, 0.3) is 0 Å². The first kappa shape index (κ1) is 11.6. The molecule has 16 heavy (non-hydrogen) atoms. The van der Waals surface area contributed by atoms with E-state index in [1.807, 2.05) is 5.38 Å². The third-order valence-electron chi connectivity index (χ3n) is 1.76. The van der Waals surface area contributed by atoms with Crippen molar-refractivity contribution in [2.75, 3.05) is 0 Å². The topological polar surface area (TPSA) is 50.2 Å². The number of hydrogen-bond donors (Lipinski definition) is 1. The van der Waals surface area contributed by atoms with Gasteiger partial charge in [0.15, 0.2) is 4.34 Å². The van der Waals surface area contributed by atoms with E-state index in [9.17, 15) is 4.79 Å². The van der Waals surface area contributed by atoms with Crippen LogP contribution in [0.3, 0.4) is 0 Å². The number of carbonyl (C=O) groups is 1. The number of nitrogens with zero attached hydrogens (tertiary/aromatic N) is 1. The predicted octanol–water partition coefficient (Wildman–Crippen LogP) is 3.76. The normalized spacial score (nSPS) is 10.3. The molecule has 0 amide bonds. The Morgan fingerprint density at radius 2 is 2.06 bits per heavy atom. The summed E-state index contributed by atoms with van der Waals surface area (Å²) < 4.78 is 1.75. The van der Waals surface area contributed by atoms with Gasteiger partial charge in [-0.15, -0.1) is 11.3 Å². The van der Waals surface area contributed by atoms with Crippen molar-refractivity contribution in [3.05, 3.63) is 39.8 Å². The number of halogens is 1. The maximum Gasteiger partial charge on any atom is 0.335 e. The molecule has 1 aromatic heterocycles. The van der Waals surface area contributed by atoms with E-state index in [2.05, 4.69) is 20.9 Å². The van der Waals surface area contributed by atoms with Crippen LogP contribution in [0.15, 0.2) is 43.5 Å². The molecular weight excluding hydrogens is 310 g/mol. The van der Waals surface area contributed by atoms with E-state index >= 15 is 0 Å². The zero-order valence-electron chi connectivity index (χ0n) is 7.88. The van der Waals surface area contributed by atoms with E-state index in [1.54, 1.807) is 35.6 Å². The summed E-state index contributed by atoms with van der Waals surface area (Å²) in [5.41, 5.74) is 0.296. The molecule has 82 valence electrons. The van der Waals surface area contributed by atoms with Crippen LogP contribution < -0.4 is 0 Å². The molecule has 0 aliphatic rings. The maximum absolute atomic E-state index is 10.7. The molecule has 3 nitrogen and oxygen atoms in total. The third-order valence-corrected chi connectivity index (χ3v) is 4.42. The lowest BCUT2D eigenvalue weighted by Crippen LogP contribution is -1.94. The molecule has 0 fully saturated rings. The lowest BCUT2D eigenvalue weighted by Gasteiger charge is -1.98. The molecule has 2 aromatic rings. The number of benzene rings is 1. The summed E-state index contributed by atoms with van der Waals surface area (Å²) in [6, 6.07) is 6.74. The molecule has 6 heteroatoms. The lowest BCUT2D eigenvalue weighted by atomic mass is 10.2. The van der Waals surface area contributed by atoms with E-state index in [0.717, 1.165) is 13.8 Å². The summed E-state index contributed by atoms with van der Waals surface area (Å²) in [4.78, 5) is 15.9. The first-order valence-electron chi connectivity index (χ1n) is 4.27. The molecule has 1 heterocycles. The summed E-state index contributed by atoms with van der Waals surface area (Å²) in [5.74, 6) is -0.909. The van der Waals surface area contributed by atoms with Gasteiger partial charge >= 0.3 is 5.97 Å². The van der Waals surface area contributed by atoms with Crippen molar-refractivity contribution in [2.24, 2.45) is 0 Å². The standard InChI is InChI=1S/C10H6BrNO2S2/c11-8-5-15-10(12-8)16-7-3-1-6(2-4-7)9(13)14/h1-5H,(H,13,14). The fourth-order valence-corrected chi connectivity index (χ4v) is 3.39. The highest BCUT2D eigenvalue weighted by Gasteiger charge is 2.05. The number of aromatic nitrogens is 1. The summed E-state index contributed by atoms with van der Waals surface area (Å²) in [7, 11) is 0. The second-order valence-corrected chi connectivity index (χ2v) is 5.86. The fourth-order valence-electron chi connectivity index (χ4n) is 1.05. The molecule has 1 aromatic carbocycles. The average Bonchev–Trinajstić information content (AvgIpc) is 2.65. The van der Waals surface area contributed by atoms with E-state index < -0.39 is 5.97 Å². The van der Waals surface area contributed by atoms with E-state index in [1.165, 1.54) is 11.8 Å². The van der Waals surface area contributed by atoms with E-state index in [4.69, 9.17) is 5.11 Å². The Morgan fingerprint density at radius 1 is 1.38 bits per heavy atom. The van der Waals surface area contributed by atoms with Crippen molar-refractivity contribution in [1.29, 1.82) is 0 Å². The molecule has 0 unspecified atom stereocenters. The first-order valence-corrected chi connectivity index (χ1v) is 6.76. The minimum absolute atomic E-state index is 0.296. The Hall–Kier alpha value is -0.850. The Morgan fingerprint density at radius 3 is 2.56 bits per heavy atom. The minimum Gasteiger partial charge on any atom is -0.478 e. The zero-order chi connectivity index (χ0) is 11.5. The molecule has 0 atom stereocenters. The predicted molar refractivity (Wildman–Crippen MR) is 67.3 cm³/mol. The smallest absolute Gasteiger partial charge is 0.335 e. The second-order valence-electron chi connectivity index (χ2n) is 2.87. The maximum atomic E-state index is 10.7. The number of hydrogen-bond acceptors (Lipinski definition) is 4.